The van der Waals surface area contributed by atoms with Crippen molar-refractivity contribution in [3.8, 4) is 0 Å². The SMILES string of the molecule is O=[N+]([O-])O.O=[N+]([O-])O.O=[N+]([O-])O.O=[N+]([O-])O.O=[N+]([O-])O.O=[N+]([O-])O.O=[N+]([O-])O.O=[N+]([O-])O.O=[N+]([O-])O.O=[N+]([O-])O.O=[N+]([O-])O.O=[N+]([O-])O.[Ag]. The Morgan fingerprint density at radius 3 is 0.184 bits per heavy atom. The fraction of sp³-hybridized carbons (Fsp3) is 0. The maximum absolute atomic E-state index is 8.36. The molecule has 48 nitrogen and oxygen atoms in total. The van der Waals surface area contributed by atoms with Crippen LogP contribution >= 0.6 is 0 Å². The summed E-state index contributed by atoms with van der Waals surface area (Å²) in [4.78, 5) is 100. The Labute approximate surface area is 268 Å². The summed E-state index contributed by atoms with van der Waals surface area (Å²) in [5, 5.41) is 164. The van der Waals surface area contributed by atoms with E-state index in [1.165, 1.54) is 0 Å². The van der Waals surface area contributed by atoms with Crippen LogP contribution in [0.5, 0.6) is 0 Å². The normalized spacial score (nSPS) is 5.88. The van der Waals surface area contributed by atoms with Gasteiger partial charge in [-0.1, -0.05) is 0 Å². The third-order valence-electron chi connectivity index (χ3n) is 0. The first-order valence-electron chi connectivity index (χ1n) is 6.78. The average Bonchev–Trinajstić information content (AvgIpc) is 2.61. The van der Waals surface area contributed by atoms with Crippen molar-refractivity contribution in [1.29, 1.82) is 0 Å². The molecule has 1 radical (unpaired) electrons. The van der Waals surface area contributed by atoms with E-state index >= 15 is 0 Å². The van der Waals surface area contributed by atoms with Crippen LogP contribution in [0.1, 0.15) is 0 Å². The van der Waals surface area contributed by atoms with Crippen LogP contribution in [0.3, 0.4) is 0 Å². The summed E-state index contributed by atoms with van der Waals surface area (Å²) in [6.07, 6.45) is 0. The molecular formula is H12AgN12O36. The van der Waals surface area contributed by atoms with Crippen molar-refractivity contribution >= 4 is 0 Å². The Morgan fingerprint density at radius 2 is 0.184 bits per heavy atom. The van der Waals surface area contributed by atoms with Gasteiger partial charge >= 0.3 is 0 Å². The Balaban J connectivity index is -0.0000000262. The fourth-order valence-corrected chi connectivity index (χ4v) is 0. The number of rotatable bonds is 0. The van der Waals surface area contributed by atoms with Crippen LogP contribution in [0.25, 0.3) is 0 Å². The van der Waals surface area contributed by atoms with Crippen LogP contribution in [0.2, 0.25) is 0 Å². The molecule has 0 atom stereocenters. The maximum atomic E-state index is 8.36. The molecule has 0 bridgehead atoms. The molecule has 0 heterocycles. The van der Waals surface area contributed by atoms with E-state index in [2.05, 4.69) is 0 Å². The summed E-state index contributed by atoms with van der Waals surface area (Å²) in [6, 6.07) is 0. The molecule has 0 spiro atoms. The number of hydrogen-bond donors (Lipinski definition) is 12. The summed E-state index contributed by atoms with van der Waals surface area (Å²) in [5.74, 6) is 0. The van der Waals surface area contributed by atoms with Gasteiger partial charge in [-0.2, -0.15) is 0 Å². The topological polar surface area (TPSA) is 760 Å². The van der Waals surface area contributed by atoms with Crippen molar-refractivity contribution in [2.75, 3.05) is 0 Å². The molecule has 0 aliphatic carbocycles. The average molecular weight is 864 g/mol. The van der Waals surface area contributed by atoms with E-state index in [-0.39, 0.29) is 22.4 Å². The molecule has 0 aliphatic rings. The molecule has 0 aromatic carbocycles. The largest absolute Gasteiger partial charge is 0.328 e. The van der Waals surface area contributed by atoms with Crippen molar-refractivity contribution in [2.24, 2.45) is 0 Å². The van der Waals surface area contributed by atoms with Crippen LogP contribution in [0.4, 0.5) is 0 Å². The predicted molar refractivity (Wildman–Crippen MR) is 105 cm³/mol. The molecule has 0 saturated carbocycles. The molecule has 0 rings (SSSR count). The smallest absolute Gasteiger partial charge is 0.291 e. The van der Waals surface area contributed by atoms with Gasteiger partial charge in [0.25, 0.3) is 61.0 Å². The van der Waals surface area contributed by atoms with Gasteiger partial charge in [0, 0.05) is 22.4 Å². The van der Waals surface area contributed by atoms with Crippen molar-refractivity contribution in [3.05, 3.63) is 121 Å². The van der Waals surface area contributed by atoms with Crippen LogP contribution in [-0.2, 0) is 22.4 Å². The fourth-order valence-electron chi connectivity index (χ4n) is 0. The second kappa shape index (κ2) is 77.3. The van der Waals surface area contributed by atoms with E-state index in [0.29, 0.717) is 0 Å². The number of hydrogen-bond acceptors (Lipinski definition) is 24. The predicted octanol–water partition coefficient (Wildman–Crippen LogP) is -4.17. The van der Waals surface area contributed by atoms with Crippen molar-refractivity contribution in [2.45, 2.75) is 0 Å². The van der Waals surface area contributed by atoms with Gasteiger partial charge in [0.15, 0.2) is 0 Å². The quantitative estimate of drug-likeness (QED) is 0.0624. The van der Waals surface area contributed by atoms with E-state index in [4.69, 9.17) is 184 Å². The monoisotopic (exact) mass is 863 g/mol. The molecule has 12 N–H and O–H groups in total. The van der Waals surface area contributed by atoms with Crippen LogP contribution in [-0.4, -0.2) is 124 Å². The standard InChI is InChI=1S/Ag.12HNO3/c;12*2-1(3)4/h;12*(H,2,3,4). The van der Waals surface area contributed by atoms with Crippen molar-refractivity contribution in [1.82, 2.24) is 0 Å². The summed E-state index contributed by atoms with van der Waals surface area (Å²) >= 11 is 0. The Hall–Kier alpha value is -8.86. The van der Waals surface area contributed by atoms with Gasteiger partial charge in [0.05, 0.1) is 0 Å². The Kier molecular flexibility index (Phi) is 132. The van der Waals surface area contributed by atoms with E-state index in [0.717, 1.165) is 0 Å². The van der Waals surface area contributed by atoms with Crippen LogP contribution < -0.4 is 0 Å². The molecule has 0 unspecified atom stereocenters. The van der Waals surface area contributed by atoms with Crippen molar-refractivity contribution in [3.63, 3.8) is 0 Å². The summed E-state index contributed by atoms with van der Waals surface area (Å²) < 4.78 is 0. The van der Waals surface area contributed by atoms with Crippen LogP contribution in [0.15, 0.2) is 0 Å². The molecule has 299 valence electrons. The zero-order chi connectivity index (χ0) is 42.9. The van der Waals surface area contributed by atoms with Gasteiger partial charge in [-0.25, -0.2) is 0 Å². The van der Waals surface area contributed by atoms with Crippen molar-refractivity contribution < 1.29 is 146 Å². The molecule has 49 heteroatoms. The maximum Gasteiger partial charge on any atom is 0.291 e. The first kappa shape index (κ1) is 83.5. The number of nitrogens with zero attached hydrogens (tertiary/aromatic N) is 12. The molecular weight excluding hydrogens is 852 g/mol. The van der Waals surface area contributed by atoms with Gasteiger partial charge < -0.3 is 62.5 Å². The first-order chi connectivity index (χ1) is 20.8. The van der Waals surface area contributed by atoms with Gasteiger partial charge in [0.1, 0.15) is 0 Å². The van der Waals surface area contributed by atoms with E-state index in [1.54, 1.807) is 0 Å². The molecule has 0 fully saturated rings. The minimum Gasteiger partial charge on any atom is -0.328 e. The second-order valence-corrected chi connectivity index (χ2v) is 2.85. The Bertz CT molecular complexity index is 580. The molecule has 0 aliphatic heterocycles. The summed E-state index contributed by atoms with van der Waals surface area (Å²) in [6.45, 7) is 0. The summed E-state index contributed by atoms with van der Waals surface area (Å²) in [7, 11) is 0. The Morgan fingerprint density at radius 1 is 0.184 bits per heavy atom. The second-order valence-electron chi connectivity index (χ2n) is 2.85. The zero-order valence-electron chi connectivity index (χ0n) is 20.8. The van der Waals surface area contributed by atoms with E-state index < -0.39 is 61.0 Å². The van der Waals surface area contributed by atoms with Gasteiger partial charge in [-0.05, 0) is 0 Å². The minimum atomic E-state index is -1.50. The minimum absolute atomic E-state index is 0. The molecule has 0 aromatic rings. The molecule has 49 heavy (non-hydrogen) atoms. The first-order valence-corrected chi connectivity index (χ1v) is 6.78. The van der Waals surface area contributed by atoms with Gasteiger partial charge in [-0.15, -0.1) is 121 Å². The third kappa shape index (κ3) is 688. The molecule has 0 amide bonds. The van der Waals surface area contributed by atoms with E-state index in [1.807, 2.05) is 0 Å². The summed E-state index contributed by atoms with van der Waals surface area (Å²) in [5.41, 5.74) is 0. The zero-order valence-corrected chi connectivity index (χ0v) is 22.3. The third-order valence-corrected chi connectivity index (χ3v) is 0. The van der Waals surface area contributed by atoms with Crippen LogP contribution in [0, 0.1) is 121 Å². The van der Waals surface area contributed by atoms with E-state index in [9.17, 15) is 0 Å². The van der Waals surface area contributed by atoms with Gasteiger partial charge in [-0.3, -0.25) is 0 Å². The molecule has 0 saturated heterocycles. The molecule has 0 aromatic heterocycles. The van der Waals surface area contributed by atoms with Gasteiger partial charge in [0.2, 0.25) is 0 Å².